The van der Waals surface area contributed by atoms with E-state index < -0.39 is 0 Å². The molecule has 0 aromatic heterocycles. The van der Waals surface area contributed by atoms with Gasteiger partial charge in [0.15, 0.2) is 0 Å². The Hall–Kier alpha value is 0.270. The number of hydrogen-bond acceptors (Lipinski definition) is 3. The zero-order valence-corrected chi connectivity index (χ0v) is 11.4. The summed E-state index contributed by atoms with van der Waals surface area (Å²) < 4.78 is 0. The highest BCUT2D eigenvalue weighted by Crippen LogP contribution is 2.17. The lowest BCUT2D eigenvalue weighted by molar-refractivity contribution is 0.0949. The van der Waals surface area contributed by atoms with E-state index in [2.05, 4.69) is 37.2 Å². The Labute approximate surface area is 99.2 Å². The summed E-state index contributed by atoms with van der Waals surface area (Å²) in [6, 6.07) is 2.17. The SMILES string of the molecule is CCC1CN(C(C)CSC)C(CC)CN1. The van der Waals surface area contributed by atoms with E-state index >= 15 is 0 Å². The molecule has 0 aromatic carbocycles. The summed E-state index contributed by atoms with van der Waals surface area (Å²) in [6.45, 7) is 9.36. The van der Waals surface area contributed by atoms with Gasteiger partial charge in [-0.05, 0) is 26.0 Å². The summed E-state index contributed by atoms with van der Waals surface area (Å²) in [7, 11) is 0. The Morgan fingerprint density at radius 2 is 2.13 bits per heavy atom. The van der Waals surface area contributed by atoms with E-state index in [4.69, 9.17) is 0 Å². The molecule has 1 heterocycles. The summed E-state index contributed by atoms with van der Waals surface area (Å²) in [6.07, 6.45) is 4.72. The van der Waals surface area contributed by atoms with Crippen molar-refractivity contribution < 1.29 is 0 Å². The van der Waals surface area contributed by atoms with Crippen LogP contribution in [0.4, 0.5) is 0 Å². The third-order valence-corrected chi connectivity index (χ3v) is 4.30. The maximum absolute atomic E-state index is 3.65. The van der Waals surface area contributed by atoms with E-state index in [1.54, 1.807) is 0 Å². The van der Waals surface area contributed by atoms with Crippen molar-refractivity contribution >= 4 is 11.8 Å². The monoisotopic (exact) mass is 230 g/mol. The average Bonchev–Trinajstić information content (AvgIpc) is 2.28. The lowest BCUT2D eigenvalue weighted by Gasteiger charge is -2.43. The molecule has 1 fully saturated rings. The molecule has 2 nitrogen and oxygen atoms in total. The second-order valence-corrected chi connectivity index (χ2v) is 5.49. The molecule has 1 aliphatic rings. The molecule has 3 unspecified atom stereocenters. The molecule has 0 saturated carbocycles. The highest BCUT2D eigenvalue weighted by molar-refractivity contribution is 7.98. The van der Waals surface area contributed by atoms with Gasteiger partial charge in [-0.15, -0.1) is 0 Å². The minimum atomic E-state index is 0.706. The lowest BCUT2D eigenvalue weighted by atomic mass is 10.0. The first-order valence-corrected chi connectivity index (χ1v) is 7.60. The molecule has 0 aromatic rings. The lowest BCUT2D eigenvalue weighted by Crippen LogP contribution is -2.59. The minimum Gasteiger partial charge on any atom is -0.311 e. The number of piperazine rings is 1. The fourth-order valence-electron chi connectivity index (χ4n) is 2.42. The standard InChI is InChI=1S/C12H26N2S/c1-5-11-8-14(10(3)9-15-4)12(6-2)7-13-11/h10-13H,5-9H2,1-4H3. The third kappa shape index (κ3) is 3.65. The van der Waals surface area contributed by atoms with Crippen LogP contribution in [0.25, 0.3) is 0 Å². The Morgan fingerprint density at radius 3 is 2.67 bits per heavy atom. The zero-order chi connectivity index (χ0) is 11.3. The van der Waals surface area contributed by atoms with E-state index in [0.717, 1.165) is 12.1 Å². The molecule has 1 saturated heterocycles. The largest absolute Gasteiger partial charge is 0.311 e. The van der Waals surface area contributed by atoms with Crippen LogP contribution < -0.4 is 5.32 Å². The average molecular weight is 230 g/mol. The van der Waals surface area contributed by atoms with Crippen LogP contribution in [0.5, 0.6) is 0 Å². The summed E-state index contributed by atoms with van der Waals surface area (Å²) in [4.78, 5) is 2.71. The van der Waals surface area contributed by atoms with Gasteiger partial charge in [-0.2, -0.15) is 11.8 Å². The number of nitrogens with one attached hydrogen (secondary N) is 1. The number of thioether (sulfide) groups is 1. The first-order valence-electron chi connectivity index (χ1n) is 6.20. The molecule has 1 N–H and O–H groups in total. The Bertz CT molecular complexity index is 175. The van der Waals surface area contributed by atoms with Gasteiger partial charge in [-0.1, -0.05) is 13.8 Å². The van der Waals surface area contributed by atoms with Crippen LogP contribution in [0.3, 0.4) is 0 Å². The molecule has 1 rings (SSSR count). The van der Waals surface area contributed by atoms with Crippen LogP contribution in [0.15, 0.2) is 0 Å². The van der Waals surface area contributed by atoms with Gasteiger partial charge in [0.25, 0.3) is 0 Å². The molecule has 15 heavy (non-hydrogen) atoms. The van der Waals surface area contributed by atoms with Crippen molar-refractivity contribution in [1.82, 2.24) is 10.2 Å². The molecular weight excluding hydrogens is 204 g/mol. The topological polar surface area (TPSA) is 15.3 Å². The molecule has 3 atom stereocenters. The van der Waals surface area contributed by atoms with Crippen LogP contribution in [0.1, 0.15) is 33.6 Å². The highest BCUT2D eigenvalue weighted by Gasteiger charge is 2.28. The Balaban J connectivity index is 2.54. The third-order valence-electron chi connectivity index (χ3n) is 3.48. The van der Waals surface area contributed by atoms with Crippen molar-refractivity contribution in [3.05, 3.63) is 0 Å². The fraction of sp³-hybridized carbons (Fsp3) is 1.00. The summed E-state index contributed by atoms with van der Waals surface area (Å²) in [5.74, 6) is 1.26. The molecule has 0 aliphatic carbocycles. The van der Waals surface area contributed by atoms with Crippen LogP contribution in [-0.4, -0.2) is 48.1 Å². The maximum atomic E-state index is 3.65. The van der Waals surface area contributed by atoms with Gasteiger partial charge in [0.1, 0.15) is 0 Å². The second kappa shape index (κ2) is 6.77. The second-order valence-electron chi connectivity index (χ2n) is 4.58. The molecule has 3 heteroatoms. The van der Waals surface area contributed by atoms with Crippen molar-refractivity contribution in [1.29, 1.82) is 0 Å². The van der Waals surface area contributed by atoms with Crippen LogP contribution >= 0.6 is 11.8 Å². The van der Waals surface area contributed by atoms with Gasteiger partial charge in [0.2, 0.25) is 0 Å². The molecule has 0 amide bonds. The molecule has 90 valence electrons. The van der Waals surface area contributed by atoms with E-state index in [-0.39, 0.29) is 0 Å². The molecule has 0 spiro atoms. The van der Waals surface area contributed by atoms with Crippen molar-refractivity contribution in [2.75, 3.05) is 25.1 Å². The Kier molecular flexibility index (Phi) is 6.02. The van der Waals surface area contributed by atoms with Gasteiger partial charge in [0, 0.05) is 37.0 Å². The van der Waals surface area contributed by atoms with Gasteiger partial charge >= 0.3 is 0 Å². The van der Waals surface area contributed by atoms with E-state index in [9.17, 15) is 0 Å². The minimum absolute atomic E-state index is 0.706. The van der Waals surface area contributed by atoms with Gasteiger partial charge in [-0.25, -0.2) is 0 Å². The predicted octanol–water partition coefficient (Wildman–Crippen LogP) is 2.20. The van der Waals surface area contributed by atoms with Crippen molar-refractivity contribution in [3.8, 4) is 0 Å². The first kappa shape index (κ1) is 13.3. The normalized spacial score (nSPS) is 30.4. The molecule has 0 radical (unpaired) electrons. The Morgan fingerprint density at radius 1 is 1.40 bits per heavy atom. The zero-order valence-electron chi connectivity index (χ0n) is 10.6. The van der Waals surface area contributed by atoms with Gasteiger partial charge in [-0.3, -0.25) is 4.90 Å². The first-order chi connectivity index (χ1) is 7.22. The van der Waals surface area contributed by atoms with Crippen LogP contribution in [0, 0.1) is 0 Å². The number of rotatable bonds is 5. The predicted molar refractivity (Wildman–Crippen MR) is 70.7 cm³/mol. The van der Waals surface area contributed by atoms with E-state index in [1.807, 2.05) is 11.8 Å². The van der Waals surface area contributed by atoms with Crippen molar-refractivity contribution in [2.45, 2.75) is 51.7 Å². The summed E-state index contributed by atoms with van der Waals surface area (Å²) >= 11 is 1.96. The molecule has 0 bridgehead atoms. The quantitative estimate of drug-likeness (QED) is 0.779. The number of nitrogens with zero attached hydrogens (tertiary/aromatic N) is 1. The smallest absolute Gasteiger partial charge is 0.0221 e. The van der Waals surface area contributed by atoms with E-state index in [1.165, 1.54) is 31.7 Å². The highest BCUT2D eigenvalue weighted by atomic mass is 32.2. The van der Waals surface area contributed by atoms with Crippen molar-refractivity contribution in [2.24, 2.45) is 0 Å². The van der Waals surface area contributed by atoms with Gasteiger partial charge in [0.05, 0.1) is 0 Å². The van der Waals surface area contributed by atoms with Crippen LogP contribution in [-0.2, 0) is 0 Å². The maximum Gasteiger partial charge on any atom is 0.0221 e. The fourth-order valence-corrected chi connectivity index (χ4v) is 3.09. The summed E-state index contributed by atoms with van der Waals surface area (Å²) in [5, 5.41) is 3.65. The number of hydrogen-bond donors (Lipinski definition) is 1. The van der Waals surface area contributed by atoms with Gasteiger partial charge < -0.3 is 5.32 Å². The van der Waals surface area contributed by atoms with Crippen LogP contribution in [0.2, 0.25) is 0 Å². The summed E-state index contributed by atoms with van der Waals surface area (Å²) in [5.41, 5.74) is 0. The molecular formula is C12H26N2S. The van der Waals surface area contributed by atoms with E-state index in [0.29, 0.717) is 6.04 Å². The van der Waals surface area contributed by atoms with Crippen molar-refractivity contribution in [3.63, 3.8) is 0 Å². The molecule has 1 aliphatic heterocycles.